The van der Waals surface area contributed by atoms with Crippen LogP contribution < -0.4 is 33.2 Å². The van der Waals surface area contributed by atoms with E-state index in [1.807, 2.05) is 0 Å². The zero-order valence-corrected chi connectivity index (χ0v) is 17.7. The molecule has 15 nitrogen and oxygen atoms in total. The van der Waals surface area contributed by atoms with Crippen molar-refractivity contribution in [1.29, 1.82) is 0 Å². The number of imidazole rings is 1. The Kier molecular flexibility index (Phi) is 8.76. The Bertz CT molecular complexity index is 997. The smallest absolute Gasteiger partial charge is 0.325 e. The number of nitrogens with one attached hydrogen (secondary N) is 4. The van der Waals surface area contributed by atoms with Crippen LogP contribution in [0, 0.1) is 0 Å². The highest BCUT2D eigenvalue weighted by Gasteiger charge is 2.26. The zero-order valence-electron chi connectivity index (χ0n) is 17.7. The van der Waals surface area contributed by atoms with E-state index in [-0.39, 0.29) is 36.8 Å². The highest BCUT2D eigenvalue weighted by molar-refractivity contribution is 5.97. The minimum absolute atomic E-state index is 0.000202. The van der Waals surface area contributed by atoms with Gasteiger partial charge in [0, 0.05) is 30.9 Å². The summed E-state index contributed by atoms with van der Waals surface area (Å²) in [5.74, 6) is -3.22. The second kappa shape index (κ2) is 11.5. The summed E-state index contributed by atoms with van der Waals surface area (Å²) in [4.78, 5) is 62.3. The van der Waals surface area contributed by atoms with E-state index in [0.717, 1.165) is 0 Å². The zero-order chi connectivity index (χ0) is 24.5. The maximum Gasteiger partial charge on any atom is 0.325 e. The van der Waals surface area contributed by atoms with E-state index in [2.05, 4.69) is 35.9 Å². The van der Waals surface area contributed by atoms with Crippen LogP contribution in [0.1, 0.15) is 28.9 Å². The standard InChI is InChI=1S/C18H26N10O5/c1-8(18(32)33)25-16(30)11(2-9-4-23-7-24-9)27-17(31)12-3-13(20)28-14(26-12)6-22-5-10(19)15(21)29/h3-4,7-8,10-11,22H,2,5-6,19H2,1H3,(H2,21,29)(H,23,24)(H,25,30)(H,27,31)(H,32,33)(H2,20,26,28)/t8-,10-,11?/m0/s1. The average molecular weight is 462 g/mol. The second-order valence-corrected chi connectivity index (χ2v) is 7.11. The number of H-pyrrole nitrogens is 1. The van der Waals surface area contributed by atoms with E-state index in [9.17, 15) is 19.2 Å². The topological polar surface area (TPSA) is 257 Å². The molecular weight excluding hydrogens is 436 g/mol. The summed E-state index contributed by atoms with van der Waals surface area (Å²) in [5, 5.41) is 16.7. The van der Waals surface area contributed by atoms with E-state index >= 15 is 0 Å². The van der Waals surface area contributed by atoms with Crippen LogP contribution in [0.4, 0.5) is 5.82 Å². The Morgan fingerprint density at radius 3 is 2.55 bits per heavy atom. The quantitative estimate of drug-likeness (QED) is 0.154. The number of carbonyl (C=O) groups is 4. The van der Waals surface area contributed by atoms with E-state index in [1.165, 1.54) is 25.5 Å². The highest BCUT2D eigenvalue weighted by atomic mass is 16.4. The number of aromatic amines is 1. The number of anilines is 1. The van der Waals surface area contributed by atoms with Crippen molar-refractivity contribution in [1.82, 2.24) is 35.9 Å². The van der Waals surface area contributed by atoms with Gasteiger partial charge in [-0.25, -0.2) is 15.0 Å². The van der Waals surface area contributed by atoms with Crippen molar-refractivity contribution in [3.63, 3.8) is 0 Å². The van der Waals surface area contributed by atoms with E-state index in [0.29, 0.717) is 5.69 Å². The van der Waals surface area contributed by atoms with Crippen molar-refractivity contribution >= 4 is 29.5 Å². The number of rotatable bonds is 12. The van der Waals surface area contributed by atoms with E-state index in [4.69, 9.17) is 22.3 Å². The van der Waals surface area contributed by atoms with E-state index in [1.54, 1.807) is 0 Å². The first-order valence-electron chi connectivity index (χ1n) is 9.77. The molecule has 3 amide bonds. The number of aliphatic carboxylic acids is 1. The molecule has 33 heavy (non-hydrogen) atoms. The summed E-state index contributed by atoms with van der Waals surface area (Å²) in [5.41, 5.74) is 16.8. The molecule has 0 saturated heterocycles. The summed E-state index contributed by atoms with van der Waals surface area (Å²) in [6, 6.07) is -1.99. The van der Waals surface area contributed by atoms with Gasteiger partial charge in [0.25, 0.3) is 5.91 Å². The van der Waals surface area contributed by atoms with Gasteiger partial charge in [0.05, 0.1) is 18.9 Å². The molecular formula is C18H26N10O5. The molecule has 11 N–H and O–H groups in total. The van der Waals surface area contributed by atoms with Crippen molar-refractivity contribution in [3.05, 3.63) is 35.8 Å². The molecule has 2 rings (SSSR count). The molecule has 2 aromatic rings. The molecule has 0 bridgehead atoms. The van der Waals surface area contributed by atoms with E-state index < -0.39 is 41.8 Å². The van der Waals surface area contributed by atoms with Crippen molar-refractivity contribution < 1.29 is 24.3 Å². The first-order valence-corrected chi connectivity index (χ1v) is 9.77. The lowest BCUT2D eigenvalue weighted by molar-refractivity contribution is -0.141. The SMILES string of the molecule is C[C@H](NC(=O)C(Cc1cnc[nH]1)NC(=O)c1cc(N)nc(CNC[C@H](N)C(N)=O)n1)C(=O)O. The van der Waals surface area contributed by atoms with Crippen LogP contribution in [-0.4, -0.2) is 73.4 Å². The molecule has 0 aliphatic rings. The molecule has 2 aromatic heterocycles. The Labute approximate surface area is 187 Å². The number of hydrogen-bond acceptors (Lipinski definition) is 10. The second-order valence-electron chi connectivity index (χ2n) is 7.11. The molecule has 0 aromatic carbocycles. The number of carboxylic acids is 1. The molecule has 0 aliphatic carbocycles. The van der Waals surface area contributed by atoms with Gasteiger partial charge in [0.15, 0.2) is 0 Å². The van der Waals surface area contributed by atoms with Gasteiger partial charge in [-0.2, -0.15) is 0 Å². The average Bonchev–Trinajstić information content (AvgIpc) is 3.25. The Hall–Kier alpha value is -4.11. The van der Waals surface area contributed by atoms with Crippen LogP contribution >= 0.6 is 0 Å². The van der Waals surface area contributed by atoms with Crippen molar-refractivity contribution in [2.45, 2.75) is 38.0 Å². The molecule has 0 spiro atoms. The van der Waals surface area contributed by atoms with Crippen LogP contribution in [-0.2, 0) is 27.3 Å². The third-order valence-electron chi connectivity index (χ3n) is 4.37. The molecule has 0 saturated carbocycles. The minimum Gasteiger partial charge on any atom is -0.480 e. The maximum atomic E-state index is 12.8. The number of nitrogen functional groups attached to an aromatic ring is 1. The molecule has 3 atom stereocenters. The van der Waals surface area contributed by atoms with Crippen molar-refractivity contribution in [2.75, 3.05) is 12.3 Å². The van der Waals surface area contributed by atoms with Gasteiger partial charge in [0.2, 0.25) is 11.8 Å². The first-order chi connectivity index (χ1) is 15.6. The summed E-state index contributed by atoms with van der Waals surface area (Å²) in [7, 11) is 0. The lowest BCUT2D eigenvalue weighted by atomic mass is 10.1. The summed E-state index contributed by atoms with van der Waals surface area (Å²) in [6.07, 6.45) is 2.89. The number of primary amides is 1. The van der Waals surface area contributed by atoms with Gasteiger partial charge in [-0.1, -0.05) is 0 Å². The lowest BCUT2D eigenvalue weighted by Gasteiger charge is -2.19. The molecule has 1 unspecified atom stereocenters. The fourth-order valence-electron chi connectivity index (χ4n) is 2.59. The molecule has 0 aliphatic heterocycles. The fraction of sp³-hybridized carbons (Fsp3) is 0.389. The van der Waals surface area contributed by atoms with Gasteiger partial charge < -0.3 is 43.2 Å². The Morgan fingerprint density at radius 2 is 1.94 bits per heavy atom. The predicted molar refractivity (Wildman–Crippen MR) is 114 cm³/mol. The van der Waals surface area contributed by atoms with Gasteiger partial charge >= 0.3 is 5.97 Å². The Morgan fingerprint density at radius 1 is 1.21 bits per heavy atom. The number of aromatic nitrogens is 4. The third kappa shape index (κ3) is 7.82. The number of nitrogens with zero attached hydrogens (tertiary/aromatic N) is 3. The predicted octanol–water partition coefficient (Wildman–Crippen LogP) is -3.39. The number of carbonyl (C=O) groups excluding carboxylic acids is 3. The lowest BCUT2D eigenvalue weighted by Crippen LogP contribution is -2.51. The summed E-state index contributed by atoms with van der Waals surface area (Å²) in [6.45, 7) is 1.40. The number of hydrogen-bond donors (Lipinski definition) is 8. The molecule has 0 radical (unpaired) electrons. The van der Waals surface area contributed by atoms with Crippen molar-refractivity contribution in [2.24, 2.45) is 11.5 Å². The van der Waals surface area contributed by atoms with Crippen LogP contribution in [0.2, 0.25) is 0 Å². The molecule has 0 fully saturated rings. The number of amides is 3. The Balaban J connectivity index is 2.13. The van der Waals surface area contributed by atoms with Crippen LogP contribution in [0.15, 0.2) is 18.6 Å². The largest absolute Gasteiger partial charge is 0.480 e. The third-order valence-corrected chi connectivity index (χ3v) is 4.37. The summed E-state index contributed by atoms with van der Waals surface area (Å²) < 4.78 is 0. The number of carboxylic acid groups (broad SMARTS) is 1. The fourth-order valence-corrected chi connectivity index (χ4v) is 2.59. The normalized spacial score (nSPS) is 13.5. The first kappa shape index (κ1) is 25.2. The molecule has 178 valence electrons. The van der Waals surface area contributed by atoms with Gasteiger partial charge in [-0.15, -0.1) is 0 Å². The van der Waals surface area contributed by atoms with Gasteiger partial charge in [-0.3, -0.25) is 19.2 Å². The molecule has 2 heterocycles. The van der Waals surface area contributed by atoms with Crippen LogP contribution in [0.5, 0.6) is 0 Å². The molecule has 15 heteroatoms. The van der Waals surface area contributed by atoms with Crippen molar-refractivity contribution in [3.8, 4) is 0 Å². The van der Waals surface area contributed by atoms with Crippen LogP contribution in [0.3, 0.4) is 0 Å². The summed E-state index contributed by atoms with van der Waals surface area (Å²) >= 11 is 0. The van der Waals surface area contributed by atoms with Crippen LogP contribution in [0.25, 0.3) is 0 Å². The maximum absolute atomic E-state index is 12.8. The van der Waals surface area contributed by atoms with Gasteiger partial charge in [0.1, 0.15) is 29.4 Å². The monoisotopic (exact) mass is 462 g/mol. The highest BCUT2D eigenvalue weighted by Crippen LogP contribution is 2.06. The number of nitrogens with two attached hydrogens (primary N) is 3. The van der Waals surface area contributed by atoms with Gasteiger partial charge in [-0.05, 0) is 6.92 Å². The minimum atomic E-state index is -1.23.